The predicted octanol–water partition coefficient (Wildman–Crippen LogP) is 2.10. The highest BCUT2D eigenvalue weighted by Gasteiger charge is 2.30. The number of anilines is 1. The van der Waals surface area contributed by atoms with E-state index < -0.39 is 5.60 Å². The van der Waals surface area contributed by atoms with Gasteiger partial charge in [-0.2, -0.15) is 4.98 Å². The normalized spacial score (nSPS) is 18.3. The Morgan fingerprint density at radius 1 is 1.39 bits per heavy atom. The molecule has 3 rings (SSSR count). The van der Waals surface area contributed by atoms with Crippen LogP contribution in [0.15, 0.2) is 18.3 Å². The number of hydrogen-bond donors (Lipinski definition) is 2. The first-order valence-corrected chi connectivity index (χ1v) is 6.51. The molecule has 0 bridgehead atoms. The minimum atomic E-state index is -0.602. The SMILES string of the molecule is OC1(CNc2nc3ccc(Cl)cn3n2)CCCC1. The molecule has 2 N–H and O–H groups in total. The monoisotopic (exact) mass is 266 g/mol. The van der Waals surface area contributed by atoms with Crippen molar-refractivity contribution in [1.82, 2.24) is 14.6 Å². The van der Waals surface area contributed by atoms with Gasteiger partial charge in [-0.25, -0.2) is 4.52 Å². The second-order valence-electron chi connectivity index (χ2n) is 4.87. The standard InChI is InChI=1S/C12H15ClN4O/c13-9-3-4-10-15-11(16-17(10)7-9)14-8-12(18)5-1-2-6-12/h3-4,7,18H,1-2,5-6,8H2,(H,14,16). The fourth-order valence-corrected chi connectivity index (χ4v) is 2.54. The van der Waals surface area contributed by atoms with Gasteiger partial charge in [0.1, 0.15) is 0 Å². The highest BCUT2D eigenvalue weighted by Crippen LogP contribution is 2.29. The molecule has 0 atom stereocenters. The van der Waals surface area contributed by atoms with Crippen molar-refractivity contribution in [2.45, 2.75) is 31.3 Å². The Balaban J connectivity index is 1.74. The summed E-state index contributed by atoms with van der Waals surface area (Å²) in [6, 6.07) is 3.59. The van der Waals surface area contributed by atoms with Gasteiger partial charge in [-0.3, -0.25) is 0 Å². The van der Waals surface area contributed by atoms with Gasteiger partial charge in [0.25, 0.3) is 0 Å². The molecule has 2 aromatic rings. The van der Waals surface area contributed by atoms with Gasteiger partial charge < -0.3 is 10.4 Å². The van der Waals surface area contributed by atoms with Crippen LogP contribution in [0.4, 0.5) is 5.95 Å². The van der Waals surface area contributed by atoms with E-state index in [0.717, 1.165) is 31.3 Å². The lowest BCUT2D eigenvalue weighted by atomic mass is 10.0. The van der Waals surface area contributed by atoms with Crippen LogP contribution < -0.4 is 5.32 Å². The van der Waals surface area contributed by atoms with Crippen LogP contribution in [0.2, 0.25) is 5.02 Å². The second kappa shape index (κ2) is 4.40. The van der Waals surface area contributed by atoms with Gasteiger partial charge in [0, 0.05) is 12.7 Å². The minimum Gasteiger partial charge on any atom is -0.388 e. The smallest absolute Gasteiger partial charge is 0.243 e. The highest BCUT2D eigenvalue weighted by molar-refractivity contribution is 6.30. The lowest BCUT2D eigenvalue weighted by Gasteiger charge is -2.21. The summed E-state index contributed by atoms with van der Waals surface area (Å²) in [5.74, 6) is 0.526. The molecule has 0 unspecified atom stereocenters. The molecular weight excluding hydrogens is 252 g/mol. The number of pyridine rings is 1. The van der Waals surface area contributed by atoms with Crippen LogP contribution in [-0.2, 0) is 0 Å². The largest absolute Gasteiger partial charge is 0.388 e. The summed E-state index contributed by atoms with van der Waals surface area (Å²) in [5, 5.41) is 18.2. The molecule has 5 nitrogen and oxygen atoms in total. The van der Waals surface area contributed by atoms with Gasteiger partial charge in [-0.05, 0) is 25.0 Å². The third-order valence-corrected chi connectivity index (χ3v) is 3.63. The maximum Gasteiger partial charge on any atom is 0.243 e. The third kappa shape index (κ3) is 2.28. The Labute approximate surface area is 110 Å². The summed E-state index contributed by atoms with van der Waals surface area (Å²) in [6.07, 6.45) is 5.58. The molecule has 0 aromatic carbocycles. The van der Waals surface area contributed by atoms with Crippen molar-refractivity contribution in [3.63, 3.8) is 0 Å². The molecule has 1 aliphatic rings. The van der Waals surface area contributed by atoms with Gasteiger partial charge >= 0.3 is 0 Å². The summed E-state index contributed by atoms with van der Waals surface area (Å²) in [6.45, 7) is 0.498. The number of fused-ring (bicyclic) bond motifs is 1. The van der Waals surface area contributed by atoms with Crippen LogP contribution >= 0.6 is 11.6 Å². The van der Waals surface area contributed by atoms with E-state index in [1.165, 1.54) is 0 Å². The van der Waals surface area contributed by atoms with Gasteiger partial charge in [0.15, 0.2) is 5.65 Å². The molecule has 0 radical (unpaired) electrons. The number of aliphatic hydroxyl groups is 1. The van der Waals surface area contributed by atoms with E-state index in [9.17, 15) is 5.11 Å². The summed E-state index contributed by atoms with van der Waals surface area (Å²) in [7, 11) is 0. The Morgan fingerprint density at radius 2 is 2.17 bits per heavy atom. The molecular formula is C12H15ClN4O. The number of halogens is 1. The van der Waals surface area contributed by atoms with Crippen molar-refractivity contribution in [2.24, 2.45) is 0 Å². The third-order valence-electron chi connectivity index (χ3n) is 3.40. The van der Waals surface area contributed by atoms with Crippen molar-refractivity contribution in [1.29, 1.82) is 0 Å². The van der Waals surface area contributed by atoms with Crippen LogP contribution in [0.25, 0.3) is 5.65 Å². The first-order chi connectivity index (χ1) is 8.65. The summed E-state index contributed by atoms with van der Waals surface area (Å²) >= 11 is 5.88. The summed E-state index contributed by atoms with van der Waals surface area (Å²) < 4.78 is 1.63. The number of aromatic nitrogens is 3. The Bertz CT molecular complexity index is 562. The Kier molecular flexibility index (Phi) is 2.87. The van der Waals surface area contributed by atoms with Crippen molar-refractivity contribution in [2.75, 3.05) is 11.9 Å². The molecule has 0 spiro atoms. The molecule has 0 amide bonds. The molecule has 2 heterocycles. The van der Waals surface area contributed by atoms with E-state index in [2.05, 4.69) is 15.4 Å². The summed E-state index contributed by atoms with van der Waals surface area (Å²) in [5.41, 5.74) is 0.134. The number of hydrogen-bond acceptors (Lipinski definition) is 4. The molecule has 2 aromatic heterocycles. The maximum absolute atomic E-state index is 10.2. The highest BCUT2D eigenvalue weighted by atomic mass is 35.5. The maximum atomic E-state index is 10.2. The van der Waals surface area contributed by atoms with Gasteiger partial charge in [-0.15, -0.1) is 5.10 Å². The van der Waals surface area contributed by atoms with Crippen molar-refractivity contribution < 1.29 is 5.11 Å². The molecule has 96 valence electrons. The van der Waals surface area contributed by atoms with E-state index in [1.54, 1.807) is 16.8 Å². The quantitative estimate of drug-likeness (QED) is 0.893. The minimum absolute atomic E-state index is 0.498. The van der Waals surface area contributed by atoms with Gasteiger partial charge in [0.05, 0.1) is 10.6 Å². The van der Waals surface area contributed by atoms with Crippen LogP contribution in [0.5, 0.6) is 0 Å². The summed E-state index contributed by atoms with van der Waals surface area (Å²) in [4.78, 5) is 4.32. The Hall–Kier alpha value is -1.33. The number of nitrogens with zero attached hydrogens (tertiary/aromatic N) is 3. The van der Waals surface area contributed by atoms with Crippen LogP contribution in [0.1, 0.15) is 25.7 Å². The van der Waals surface area contributed by atoms with E-state index in [-0.39, 0.29) is 0 Å². The van der Waals surface area contributed by atoms with E-state index in [4.69, 9.17) is 11.6 Å². The van der Waals surface area contributed by atoms with Gasteiger partial charge in [-0.1, -0.05) is 24.4 Å². The average Bonchev–Trinajstić information content (AvgIpc) is 2.93. The molecule has 1 saturated carbocycles. The van der Waals surface area contributed by atoms with E-state index >= 15 is 0 Å². The van der Waals surface area contributed by atoms with Crippen LogP contribution in [0, 0.1) is 0 Å². The van der Waals surface area contributed by atoms with E-state index in [1.807, 2.05) is 6.07 Å². The van der Waals surface area contributed by atoms with Crippen LogP contribution in [-0.4, -0.2) is 31.9 Å². The molecule has 0 aliphatic heterocycles. The average molecular weight is 267 g/mol. The Morgan fingerprint density at radius 3 is 2.94 bits per heavy atom. The topological polar surface area (TPSA) is 62.5 Å². The lowest BCUT2D eigenvalue weighted by Crippen LogP contribution is -2.33. The molecule has 1 aliphatic carbocycles. The lowest BCUT2D eigenvalue weighted by molar-refractivity contribution is 0.0613. The first-order valence-electron chi connectivity index (χ1n) is 6.13. The molecule has 1 fully saturated rings. The van der Waals surface area contributed by atoms with Crippen molar-refractivity contribution >= 4 is 23.2 Å². The van der Waals surface area contributed by atoms with E-state index in [0.29, 0.717) is 17.5 Å². The van der Waals surface area contributed by atoms with Crippen molar-refractivity contribution in [3.8, 4) is 0 Å². The number of nitrogens with one attached hydrogen (secondary N) is 1. The molecule has 6 heteroatoms. The fourth-order valence-electron chi connectivity index (χ4n) is 2.39. The molecule has 18 heavy (non-hydrogen) atoms. The predicted molar refractivity (Wildman–Crippen MR) is 69.9 cm³/mol. The van der Waals surface area contributed by atoms with Crippen LogP contribution in [0.3, 0.4) is 0 Å². The van der Waals surface area contributed by atoms with Gasteiger partial charge in [0.2, 0.25) is 5.95 Å². The second-order valence-corrected chi connectivity index (χ2v) is 5.31. The number of rotatable bonds is 3. The zero-order valence-corrected chi connectivity index (χ0v) is 10.7. The zero-order chi connectivity index (χ0) is 12.6. The molecule has 0 saturated heterocycles. The van der Waals surface area contributed by atoms with Crippen molar-refractivity contribution in [3.05, 3.63) is 23.4 Å². The fraction of sp³-hybridized carbons (Fsp3) is 0.500. The zero-order valence-electron chi connectivity index (χ0n) is 9.93. The first kappa shape index (κ1) is 11.7.